The molecule has 0 unspecified atom stereocenters. The van der Waals surface area contributed by atoms with Crippen molar-refractivity contribution in [2.75, 3.05) is 0 Å². The Labute approximate surface area is 119 Å². The average molecular weight is 274 g/mol. The predicted octanol–water partition coefficient (Wildman–Crippen LogP) is 1.42. The van der Waals surface area contributed by atoms with Crippen LogP contribution in [-0.2, 0) is 9.59 Å². The maximum atomic E-state index is 12.3. The number of hydrogen-bond donors (Lipinski definition) is 1. The van der Waals surface area contributed by atoms with Crippen molar-refractivity contribution in [2.24, 2.45) is 11.8 Å². The summed E-state index contributed by atoms with van der Waals surface area (Å²) in [5.74, 6) is -2.38. The summed E-state index contributed by atoms with van der Waals surface area (Å²) in [6, 6.07) is 9.54. The predicted molar refractivity (Wildman–Crippen MR) is 73.5 cm³/mol. The second kappa shape index (κ2) is 6.55. The van der Waals surface area contributed by atoms with Gasteiger partial charge in [-0.1, -0.05) is 43.2 Å². The third kappa shape index (κ3) is 3.38. The molecule has 0 heterocycles. The summed E-state index contributed by atoms with van der Waals surface area (Å²) in [5.41, 5.74) is 1.02. The quantitative estimate of drug-likeness (QED) is 0.902. The molecule has 0 aromatic heterocycles. The lowest BCUT2D eigenvalue weighted by atomic mass is 9.78. The van der Waals surface area contributed by atoms with E-state index in [4.69, 9.17) is 0 Å². The number of hydrogen-bond acceptors (Lipinski definition) is 3. The minimum Gasteiger partial charge on any atom is -0.550 e. The van der Waals surface area contributed by atoms with Crippen molar-refractivity contribution in [3.05, 3.63) is 35.9 Å². The molecule has 4 nitrogen and oxygen atoms in total. The lowest BCUT2D eigenvalue weighted by Crippen LogP contribution is -2.45. The number of carboxylic acids is 1. The lowest BCUT2D eigenvalue weighted by Gasteiger charge is -2.32. The third-order valence-electron chi connectivity index (χ3n) is 4.06. The van der Waals surface area contributed by atoms with Gasteiger partial charge in [-0.25, -0.2) is 0 Å². The average Bonchev–Trinajstić information content (AvgIpc) is 2.48. The Hall–Kier alpha value is -1.84. The SMILES string of the molecule is C[C@@H](NC(=O)[C@@H]1CCCC[C@@H]1C(=O)[O-])c1ccccc1. The van der Waals surface area contributed by atoms with Crippen molar-refractivity contribution in [3.8, 4) is 0 Å². The minimum absolute atomic E-state index is 0.118. The molecule has 2 rings (SSSR count). The van der Waals surface area contributed by atoms with Crippen LogP contribution in [0, 0.1) is 11.8 Å². The molecule has 0 saturated heterocycles. The van der Waals surface area contributed by atoms with Crippen LogP contribution >= 0.6 is 0 Å². The Morgan fingerprint density at radius 3 is 2.35 bits per heavy atom. The summed E-state index contributed by atoms with van der Waals surface area (Å²) in [4.78, 5) is 23.4. The molecule has 1 aliphatic rings. The molecule has 0 aliphatic heterocycles. The highest BCUT2D eigenvalue weighted by Gasteiger charge is 2.32. The van der Waals surface area contributed by atoms with Crippen LogP contribution < -0.4 is 10.4 Å². The van der Waals surface area contributed by atoms with E-state index in [1.165, 1.54) is 0 Å². The molecule has 1 aromatic carbocycles. The number of amides is 1. The molecule has 3 atom stereocenters. The Bertz CT molecular complexity index is 472. The number of carboxylic acid groups (broad SMARTS) is 1. The molecule has 108 valence electrons. The highest BCUT2D eigenvalue weighted by atomic mass is 16.4. The van der Waals surface area contributed by atoms with E-state index in [1.807, 2.05) is 37.3 Å². The molecule has 1 saturated carbocycles. The minimum atomic E-state index is -1.10. The summed E-state index contributed by atoms with van der Waals surface area (Å²) >= 11 is 0. The van der Waals surface area contributed by atoms with Gasteiger partial charge in [0.25, 0.3) is 0 Å². The molecule has 1 aromatic rings. The molecule has 4 heteroatoms. The fraction of sp³-hybridized carbons (Fsp3) is 0.500. The van der Waals surface area contributed by atoms with E-state index in [9.17, 15) is 14.7 Å². The first-order valence-electron chi connectivity index (χ1n) is 7.15. The van der Waals surface area contributed by atoms with Gasteiger partial charge in [0.05, 0.1) is 6.04 Å². The first kappa shape index (κ1) is 14.6. The van der Waals surface area contributed by atoms with Gasteiger partial charge < -0.3 is 15.2 Å². The molecular formula is C16H20NO3-. The zero-order chi connectivity index (χ0) is 14.5. The van der Waals surface area contributed by atoms with E-state index in [0.717, 1.165) is 18.4 Å². The number of carbonyl (C=O) groups excluding carboxylic acids is 2. The van der Waals surface area contributed by atoms with Gasteiger partial charge in [-0.3, -0.25) is 4.79 Å². The van der Waals surface area contributed by atoms with Crippen LogP contribution in [0.2, 0.25) is 0 Å². The highest BCUT2D eigenvalue weighted by Crippen LogP contribution is 2.30. The van der Waals surface area contributed by atoms with Gasteiger partial charge in [0.2, 0.25) is 5.91 Å². The summed E-state index contributed by atoms with van der Waals surface area (Å²) in [7, 11) is 0. The summed E-state index contributed by atoms with van der Waals surface area (Å²) in [6.45, 7) is 1.91. The summed E-state index contributed by atoms with van der Waals surface area (Å²) in [6.07, 6.45) is 2.93. The van der Waals surface area contributed by atoms with Crippen LogP contribution in [0.15, 0.2) is 30.3 Å². The summed E-state index contributed by atoms with van der Waals surface area (Å²) in [5, 5.41) is 14.1. The third-order valence-corrected chi connectivity index (χ3v) is 4.06. The Morgan fingerprint density at radius 1 is 1.15 bits per heavy atom. The lowest BCUT2D eigenvalue weighted by molar-refractivity contribution is -0.314. The van der Waals surface area contributed by atoms with Gasteiger partial charge in [0.1, 0.15) is 0 Å². The maximum Gasteiger partial charge on any atom is 0.224 e. The van der Waals surface area contributed by atoms with E-state index in [0.29, 0.717) is 12.8 Å². The summed E-state index contributed by atoms with van der Waals surface area (Å²) < 4.78 is 0. The van der Waals surface area contributed by atoms with Crippen molar-refractivity contribution in [1.29, 1.82) is 0 Å². The van der Waals surface area contributed by atoms with E-state index in [2.05, 4.69) is 5.32 Å². The second-order valence-electron chi connectivity index (χ2n) is 5.46. The maximum absolute atomic E-state index is 12.3. The van der Waals surface area contributed by atoms with Gasteiger partial charge >= 0.3 is 0 Å². The number of aliphatic carboxylic acids is 1. The van der Waals surface area contributed by atoms with Crippen LogP contribution in [-0.4, -0.2) is 11.9 Å². The Morgan fingerprint density at radius 2 is 1.75 bits per heavy atom. The second-order valence-corrected chi connectivity index (χ2v) is 5.46. The largest absolute Gasteiger partial charge is 0.550 e. The first-order chi connectivity index (χ1) is 9.59. The number of nitrogens with one attached hydrogen (secondary N) is 1. The van der Waals surface area contributed by atoms with Gasteiger partial charge in [-0.15, -0.1) is 0 Å². The molecular weight excluding hydrogens is 254 g/mol. The van der Waals surface area contributed by atoms with Gasteiger partial charge in [-0.2, -0.15) is 0 Å². The van der Waals surface area contributed by atoms with Gasteiger partial charge in [0, 0.05) is 17.8 Å². The molecule has 1 N–H and O–H groups in total. The van der Waals surface area contributed by atoms with Crippen molar-refractivity contribution < 1.29 is 14.7 Å². The van der Waals surface area contributed by atoms with E-state index >= 15 is 0 Å². The number of benzene rings is 1. The smallest absolute Gasteiger partial charge is 0.224 e. The van der Waals surface area contributed by atoms with Crippen LogP contribution in [0.4, 0.5) is 0 Å². The molecule has 1 fully saturated rings. The van der Waals surface area contributed by atoms with Crippen LogP contribution in [0.5, 0.6) is 0 Å². The topological polar surface area (TPSA) is 69.2 Å². The standard InChI is InChI=1S/C16H21NO3/c1-11(12-7-3-2-4-8-12)17-15(18)13-9-5-6-10-14(13)16(19)20/h2-4,7-8,11,13-14H,5-6,9-10H2,1H3,(H,17,18)(H,19,20)/p-1/t11-,13-,14+/m1/s1. The van der Waals surface area contributed by atoms with Crippen molar-refractivity contribution >= 4 is 11.9 Å². The molecule has 0 bridgehead atoms. The molecule has 1 aliphatic carbocycles. The zero-order valence-corrected chi connectivity index (χ0v) is 11.7. The Balaban J connectivity index is 2.01. The Kier molecular flexibility index (Phi) is 4.77. The van der Waals surface area contributed by atoms with Crippen LogP contribution in [0.25, 0.3) is 0 Å². The molecule has 0 spiro atoms. The fourth-order valence-electron chi connectivity index (χ4n) is 2.87. The molecule has 20 heavy (non-hydrogen) atoms. The number of carbonyl (C=O) groups is 2. The van der Waals surface area contributed by atoms with Crippen molar-refractivity contribution in [2.45, 2.75) is 38.6 Å². The van der Waals surface area contributed by atoms with Crippen molar-refractivity contribution in [1.82, 2.24) is 5.32 Å². The van der Waals surface area contributed by atoms with Gasteiger partial charge in [-0.05, 0) is 25.3 Å². The van der Waals surface area contributed by atoms with E-state index < -0.39 is 17.8 Å². The molecule has 0 radical (unpaired) electrons. The van der Waals surface area contributed by atoms with Crippen LogP contribution in [0.3, 0.4) is 0 Å². The molecule has 1 amide bonds. The normalized spacial score (nSPS) is 23.9. The monoisotopic (exact) mass is 274 g/mol. The highest BCUT2D eigenvalue weighted by molar-refractivity contribution is 5.84. The van der Waals surface area contributed by atoms with Gasteiger partial charge in [0.15, 0.2) is 0 Å². The first-order valence-corrected chi connectivity index (χ1v) is 7.15. The van der Waals surface area contributed by atoms with Crippen molar-refractivity contribution in [3.63, 3.8) is 0 Å². The number of rotatable bonds is 4. The zero-order valence-electron chi connectivity index (χ0n) is 11.7. The van der Waals surface area contributed by atoms with E-state index in [-0.39, 0.29) is 11.9 Å². The fourth-order valence-corrected chi connectivity index (χ4v) is 2.87. The van der Waals surface area contributed by atoms with Crippen LogP contribution in [0.1, 0.15) is 44.2 Å². The van der Waals surface area contributed by atoms with E-state index in [1.54, 1.807) is 0 Å².